The maximum Gasteiger partial charge on any atom is 0.281 e. The molecule has 1 aliphatic heterocycles. The van der Waals surface area contributed by atoms with Gasteiger partial charge in [-0.3, -0.25) is 0 Å². The number of benzene rings is 1. The summed E-state index contributed by atoms with van der Waals surface area (Å²) < 4.78 is 27.5. The minimum Gasteiger partial charge on any atom is -0.195 e. The fraction of sp³-hybridized carbons (Fsp3) is 0.571. The summed E-state index contributed by atoms with van der Waals surface area (Å²) in [5.74, 6) is 0. The van der Waals surface area contributed by atoms with Crippen molar-refractivity contribution in [3.05, 3.63) is 35.9 Å². The fourth-order valence-corrected chi connectivity index (χ4v) is 3.86. The predicted octanol–water partition coefficient (Wildman–Crippen LogP) is 1.89. The second-order valence-electron chi connectivity index (χ2n) is 5.02. The zero-order valence-corrected chi connectivity index (χ0v) is 12.3. The third-order valence-corrected chi connectivity index (χ3v) is 5.55. The molecule has 19 heavy (non-hydrogen) atoms. The van der Waals surface area contributed by atoms with E-state index >= 15 is 0 Å². The Morgan fingerprint density at radius 1 is 1.16 bits per heavy atom. The molecule has 1 aromatic rings. The van der Waals surface area contributed by atoms with Crippen molar-refractivity contribution in [2.24, 2.45) is 0 Å². The number of rotatable bonds is 6. The van der Waals surface area contributed by atoms with E-state index in [0.29, 0.717) is 19.6 Å². The van der Waals surface area contributed by atoms with Gasteiger partial charge >= 0.3 is 0 Å². The Bertz CT molecular complexity index is 481. The summed E-state index contributed by atoms with van der Waals surface area (Å²) in [6, 6.07) is 10.2. The van der Waals surface area contributed by atoms with Gasteiger partial charge in [-0.05, 0) is 31.2 Å². The minimum absolute atomic E-state index is 0.577. The summed E-state index contributed by atoms with van der Waals surface area (Å²) in [5, 5.41) is 0. The number of aryl methyl sites for hydroxylation is 1. The number of hydrogen-bond acceptors (Lipinski definition) is 2. The Kier molecular flexibility index (Phi) is 4.96. The molecule has 0 N–H and O–H groups in total. The molecule has 1 heterocycles. The van der Waals surface area contributed by atoms with Gasteiger partial charge in [0.25, 0.3) is 10.2 Å². The standard InChI is InChI=1S/C14H22N2O2S/c1-15(19(17,18)16-12-5-6-13-16)11-7-10-14-8-3-2-4-9-14/h2-4,8-9H,5-7,10-13H2,1H3. The average Bonchev–Trinajstić information content (AvgIpc) is 2.94. The van der Waals surface area contributed by atoms with Gasteiger partial charge in [0.15, 0.2) is 0 Å². The van der Waals surface area contributed by atoms with Gasteiger partial charge in [0.05, 0.1) is 0 Å². The lowest BCUT2D eigenvalue weighted by molar-refractivity contribution is 0.391. The highest BCUT2D eigenvalue weighted by molar-refractivity contribution is 7.86. The number of nitrogens with zero attached hydrogens (tertiary/aromatic N) is 2. The van der Waals surface area contributed by atoms with E-state index in [-0.39, 0.29) is 0 Å². The van der Waals surface area contributed by atoms with E-state index in [2.05, 4.69) is 12.1 Å². The normalized spacial score (nSPS) is 17.2. The van der Waals surface area contributed by atoms with Crippen LogP contribution in [0.4, 0.5) is 0 Å². The third-order valence-electron chi connectivity index (χ3n) is 3.57. The summed E-state index contributed by atoms with van der Waals surface area (Å²) in [4.78, 5) is 0. The van der Waals surface area contributed by atoms with Crippen LogP contribution in [0.3, 0.4) is 0 Å². The molecule has 106 valence electrons. The van der Waals surface area contributed by atoms with Crippen molar-refractivity contribution in [2.75, 3.05) is 26.7 Å². The molecule has 0 amide bonds. The van der Waals surface area contributed by atoms with Crippen molar-refractivity contribution in [1.82, 2.24) is 8.61 Å². The van der Waals surface area contributed by atoms with E-state index in [0.717, 1.165) is 25.7 Å². The van der Waals surface area contributed by atoms with Crippen molar-refractivity contribution >= 4 is 10.2 Å². The van der Waals surface area contributed by atoms with E-state index < -0.39 is 10.2 Å². The topological polar surface area (TPSA) is 40.6 Å². The molecule has 2 rings (SSSR count). The first-order valence-electron chi connectivity index (χ1n) is 6.86. The minimum atomic E-state index is -3.23. The molecule has 0 atom stereocenters. The summed E-state index contributed by atoms with van der Waals surface area (Å²) in [7, 11) is -1.55. The Morgan fingerprint density at radius 2 is 1.79 bits per heavy atom. The van der Waals surface area contributed by atoms with Gasteiger partial charge in [-0.25, -0.2) is 0 Å². The first-order chi connectivity index (χ1) is 9.10. The fourth-order valence-electron chi connectivity index (χ4n) is 2.38. The molecular formula is C14H22N2O2S. The Balaban J connectivity index is 1.82. The summed E-state index contributed by atoms with van der Waals surface area (Å²) in [6.45, 7) is 1.92. The van der Waals surface area contributed by atoms with Crippen LogP contribution in [0.1, 0.15) is 24.8 Å². The van der Waals surface area contributed by atoms with Crippen molar-refractivity contribution in [1.29, 1.82) is 0 Å². The first-order valence-corrected chi connectivity index (χ1v) is 8.26. The largest absolute Gasteiger partial charge is 0.281 e. The maximum absolute atomic E-state index is 12.2. The highest BCUT2D eigenvalue weighted by Gasteiger charge is 2.28. The SMILES string of the molecule is CN(CCCc1ccccc1)S(=O)(=O)N1CCCC1. The van der Waals surface area contributed by atoms with Crippen LogP contribution in [0, 0.1) is 0 Å². The van der Waals surface area contributed by atoms with Gasteiger partial charge in [0.1, 0.15) is 0 Å². The van der Waals surface area contributed by atoms with E-state index in [1.807, 2.05) is 18.2 Å². The lowest BCUT2D eigenvalue weighted by Gasteiger charge is -2.23. The monoisotopic (exact) mass is 282 g/mol. The summed E-state index contributed by atoms with van der Waals surface area (Å²) >= 11 is 0. The Labute approximate surface area is 116 Å². The lowest BCUT2D eigenvalue weighted by atomic mass is 10.1. The van der Waals surface area contributed by atoms with Crippen molar-refractivity contribution in [3.8, 4) is 0 Å². The Hall–Kier alpha value is -0.910. The molecule has 1 saturated heterocycles. The van der Waals surface area contributed by atoms with Crippen LogP contribution in [-0.4, -0.2) is 43.7 Å². The molecule has 0 aliphatic carbocycles. The molecule has 4 nitrogen and oxygen atoms in total. The molecule has 0 aromatic heterocycles. The van der Waals surface area contributed by atoms with Gasteiger partial charge in [-0.15, -0.1) is 0 Å². The second-order valence-corrected chi connectivity index (χ2v) is 7.06. The third kappa shape index (κ3) is 3.78. The van der Waals surface area contributed by atoms with Gasteiger partial charge in [0, 0.05) is 26.7 Å². The van der Waals surface area contributed by atoms with Crippen LogP contribution in [0.15, 0.2) is 30.3 Å². The Morgan fingerprint density at radius 3 is 2.42 bits per heavy atom. The van der Waals surface area contributed by atoms with Crippen LogP contribution < -0.4 is 0 Å². The average molecular weight is 282 g/mol. The molecular weight excluding hydrogens is 260 g/mol. The zero-order chi connectivity index (χ0) is 13.7. The van der Waals surface area contributed by atoms with E-state index in [1.165, 1.54) is 9.87 Å². The highest BCUT2D eigenvalue weighted by atomic mass is 32.2. The van der Waals surface area contributed by atoms with Crippen molar-refractivity contribution in [2.45, 2.75) is 25.7 Å². The van der Waals surface area contributed by atoms with Crippen LogP contribution in [0.25, 0.3) is 0 Å². The molecule has 1 fully saturated rings. The van der Waals surface area contributed by atoms with Crippen LogP contribution >= 0.6 is 0 Å². The molecule has 0 spiro atoms. The van der Waals surface area contributed by atoms with Gasteiger partial charge < -0.3 is 0 Å². The number of hydrogen-bond donors (Lipinski definition) is 0. The van der Waals surface area contributed by atoms with Crippen LogP contribution in [0.5, 0.6) is 0 Å². The smallest absolute Gasteiger partial charge is 0.195 e. The first kappa shape index (κ1) is 14.5. The molecule has 1 aromatic carbocycles. The van der Waals surface area contributed by atoms with Crippen LogP contribution in [0.2, 0.25) is 0 Å². The summed E-state index contributed by atoms with van der Waals surface area (Å²) in [6.07, 6.45) is 3.74. The zero-order valence-electron chi connectivity index (χ0n) is 11.5. The van der Waals surface area contributed by atoms with E-state index in [1.54, 1.807) is 11.4 Å². The summed E-state index contributed by atoms with van der Waals surface area (Å²) in [5.41, 5.74) is 1.26. The van der Waals surface area contributed by atoms with Crippen molar-refractivity contribution < 1.29 is 8.42 Å². The maximum atomic E-state index is 12.2. The van der Waals surface area contributed by atoms with Gasteiger partial charge in [0.2, 0.25) is 0 Å². The molecule has 1 aliphatic rings. The predicted molar refractivity (Wildman–Crippen MR) is 77.1 cm³/mol. The molecule has 5 heteroatoms. The van der Waals surface area contributed by atoms with E-state index in [4.69, 9.17) is 0 Å². The quantitative estimate of drug-likeness (QED) is 0.799. The van der Waals surface area contributed by atoms with E-state index in [9.17, 15) is 8.42 Å². The van der Waals surface area contributed by atoms with Crippen LogP contribution in [-0.2, 0) is 16.6 Å². The lowest BCUT2D eigenvalue weighted by Crippen LogP contribution is -2.40. The second kappa shape index (κ2) is 6.50. The molecule has 0 unspecified atom stereocenters. The molecule has 0 bridgehead atoms. The van der Waals surface area contributed by atoms with Crippen molar-refractivity contribution in [3.63, 3.8) is 0 Å². The molecule has 0 radical (unpaired) electrons. The van der Waals surface area contributed by atoms with Gasteiger partial charge in [-0.2, -0.15) is 17.0 Å². The highest BCUT2D eigenvalue weighted by Crippen LogP contribution is 2.15. The van der Waals surface area contributed by atoms with Gasteiger partial charge in [-0.1, -0.05) is 30.3 Å². The molecule has 0 saturated carbocycles.